The third-order valence-corrected chi connectivity index (χ3v) is 2.11. The highest BCUT2D eigenvalue weighted by Crippen LogP contribution is 2.17. The number of benzene rings is 1. The van der Waals surface area contributed by atoms with Crippen LogP contribution in [-0.2, 0) is 0 Å². The van der Waals surface area contributed by atoms with Crippen molar-refractivity contribution in [1.29, 1.82) is 0 Å². The number of aliphatic hydroxyl groups excluding tert-OH is 1. The number of nitrogens with one attached hydrogen (secondary N) is 1. The zero-order valence-corrected chi connectivity index (χ0v) is 8.51. The summed E-state index contributed by atoms with van der Waals surface area (Å²) < 4.78 is 0. The van der Waals surface area contributed by atoms with E-state index >= 15 is 0 Å². The first-order valence-electron chi connectivity index (χ1n) is 4.89. The lowest BCUT2D eigenvalue weighted by molar-refractivity contribution is 0.208. The predicted molar refractivity (Wildman–Crippen MR) is 59.7 cm³/mol. The van der Waals surface area contributed by atoms with Gasteiger partial charge in [-0.25, -0.2) is 9.97 Å². The van der Waals surface area contributed by atoms with Gasteiger partial charge in [-0.05, 0) is 19.1 Å². The maximum absolute atomic E-state index is 9.18. The third kappa shape index (κ3) is 2.22. The van der Waals surface area contributed by atoms with Crippen LogP contribution >= 0.6 is 0 Å². The van der Waals surface area contributed by atoms with Gasteiger partial charge in [-0.2, -0.15) is 0 Å². The van der Waals surface area contributed by atoms with Gasteiger partial charge >= 0.3 is 0 Å². The van der Waals surface area contributed by atoms with Crippen LogP contribution in [0, 0.1) is 0 Å². The highest BCUT2D eigenvalue weighted by molar-refractivity contribution is 5.88. The van der Waals surface area contributed by atoms with Crippen molar-refractivity contribution in [2.24, 2.45) is 0 Å². The molecule has 0 aliphatic carbocycles. The molecule has 15 heavy (non-hydrogen) atoms. The molecule has 78 valence electrons. The molecular formula is C11H13N3O. The number of para-hydroxylation sites is 1. The molecule has 0 fully saturated rings. The first-order chi connectivity index (χ1) is 7.27. The Hall–Kier alpha value is -1.68. The van der Waals surface area contributed by atoms with Crippen LogP contribution in [0.2, 0.25) is 0 Å². The summed E-state index contributed by atoms with van der Waals surface area (Å²) in [6.45, 7) is 2.22. The van der Waals surface area contributed by atoms with Crippen molar-refractivity contribution in [3.63, 3.8) is 0 Å². The Morgan fingerprint density at radius 1 is 1.33 bits per heavy atom. The number of aliphatic hydroxyl groups is 1. The lowest BCUT2D eigenvalue weighted by Gasteiger charge is -2.09. The summed E-state index contributed by atoms with van der Waals surface area (Å²) >= 11 is 0. The molecule has 1 aromatic carbocycles. The number of aromatic nitrogens is 2. The maximum atomic E-state index is 9.18. The third-order valence-electron chi connectivity index (χ3n) is 2.11. The Bertz CT molecular complexity index is 451. The van der Waals surface area contributed by atoms with E-state index in [9.17, 15) is 5.11 Å². The van der Waals surface area contributed by atoms with Crippen molar-refractivity contribution in [1.82, 2.24) is 9.97 Å². The lowest BCUT2D eigenvalue weighted by Crippen LogP contribution is -2.16. The number of hydrogen-bond donors (Lipinski definition) is 2. The molecule has 0 amide bonds. The summed E-state index contributed by atoms with van der Waals surface area (Å²) in [5.41, 5.74) is 0.903. The Balaban J connectivity index is 2.34. The Morgan fingerprint density at radius 2 is 2.13 bits per heavy atom. The smallest absolute Gasteiger partial charge is 0.137 e. The minimum Gasteiger partial charge on any atom is -0.392 e. The quantitative estimate of drug-likeness (QED) is 0.792. The van der Waals surface area contributed by atoms with E-state index in [4.69, 9.17) is 0 Å². The number of rotatable bonds is 3. The van der Waals surface area contributed by atoms with E-state index in [1.165, 1.54) is 6.33 Å². The molecule has 0 bridgehead atoms. The van der Waals surface area contributed by atoms with Crippen LogP contribution in [0.4, 0.5) is 5.82 Å². The van der Waals surface area contributed by atoms with E-state index in [2.05, 4.69) is 15.3 Å². The van der Waals surface area contributed by atoms with Gasteiger partial charge in [-0.1, -0.05) is 12.1 Å². The number of hydrogen-bond acceptors (Lipinski definition) is 4. The summed E-state index contributed by atoms with van der Waals surface area (Å²) in [6.07, 6.45) is 1.13. The minimum atomic E-state index is -0.390. The van der Waals surface area contributed by atoms with Crippen LogP contribution in [0.15, 0.2) is 30.6 Å². The van der Waals surface area contributed by atoms with E-state index in [1.807, 2.05) is 24.3 Å². The highest BCUT2D eigenvalue weighted by Gasteiger charge is 2.02. The summed E-state index contributed by atoms with van der Waals surface area (Å²) in [4.78, 5) is 8.30. The van der Waals surface area contributed by atoms with Gasteiger partial charge in [0.15, 0.2) is 0 Å². The first-order valence-corrected chi connectivity index (χ1v) is 4.89. The Labute approximate surface area is 88.0 Å². The topological polar surface area (TPSA) is 58.0 Å². The maximum Gasteiger partial charge on any atom is 0.137 e. The molecule has 0 unspecified atom stereocenters. The molecule has 1 heterocycles. The van der Waals surface area contributed by atoms with Crippen molar-refractivity contribution in [2.75, 3.05) is 11.9 Å². The largest absolute Gasteiger partial charge is 0.392 e. The monoisotopic (exact) mass is 203 g/mol. The fourth-order valence-electron chi connectivity index (χ4n) is 1.39. The number of fused-ring (bicyclic) bond motifs is 1. The van der Waals surface area contributed by atoms with Gasteiger partial charge in [0.25, 0.3) is 0 Å². The molecule has 1 aromatic heterocycles. The lowest BCUT2D eigenvalue weighted by atomic mass is 10.2. The average Bonchev–Trinajstić information content (AvgIpc) is 2.26. The molecule has 4 heteroatoms. The normalized spacial score (nSPS) is 12.7. The summed E-state index contributed by atoms with van der Waals surface area (Å²) in [7, 11) is 0. The Morgan fingerprint density at radius 3 is 2.93 bits per heavy atom. The van der Waals surface area contributed by atoms with E-state index < -0.39 is 6.10 Å². The fraction of sp³-hybridized carbons (Fsp3) is 0.273. The molecule has 0 saturated carbocycles. The van der Waals surface area contributed by atoms with Crippen molar-refractivity contribution >= 4 is 16.7 Å². The van der Waals surface area contributed by atoms with Gasteiger partial charge in [-0.3, -0.25) is 0 Å². The number of nitrogens with zero attached hydrogens (tertiary/aromatic N) is 2. The Kier molecular flexibility index (Phi) is 2.78. The van der Waals surface area contributed by atoms with Crippen molar-refractivity contribution in [3.05, 3.63) is 30.6 Å². The van der Waals surface area contributed by atoms with Gasteiger partial charge in [0.1, 0.15) is 12.1 Å². The molecule has 2 N–H and O–H groups in total. The molecule has 0 radical (unpaired) electrons. The van der Waals surface area contributed by atoms with Crippen LogP contribution in [0.1, 0.15) is 6.92 Å². The zero-order valence-electron chi connectivity index (χ0n) is 8.51. The van der Waals surface area contributed by atoms with Gasteiger partial charge in [0.05, 0.1) is 11.6 Å². The second kappa shape index (κ2) is 4.23. The van der Waals surface area contributed by atoms with Gasteiger partial charge in [0, 0.05) is 11.9 Å². The molecule has 0 aliphatic rings. The molecule has 2 rings (SSSR count). The van der Waals surface area contributed by atoms with E-state index in [0.717, 1.165) is 16.7 Å². The van der Waals surface area contributed by atoms with Gasteiger partial charge < -0.3 is 10.4 Å². The first kappa shape index (κ1) is 9.86. The van der Waals surface area contributed by atoms with Crippen LogP contribution in [0.5, 0.6) is 0 Å². The van der Waals surface area contributed by atoms with Crippen LogP contribution in [0.25, 0.3) is 10.9 Å². The molecular weight excluding hydrogens is 190 g/mol. The standard InChI is InChI=1S/C11H13N3O/c1-8(15)6-12-11-9-4-2-3-5-10(9)13-7-14-11/h2-5,7-8,15H,6H2,1H3,(H,12,13,14)/t8-/m1/s1. The van der Waals surface area contributed by atoms with Crippen molar-refractivity contribution in [3.8, 4) is 0 Å². The van der Waals surface area contributed by atoms with Crippen LogP contribution in [0.3, 0.4) is 0 Å². The highest BCUT2D eigenvalue weighted by atomic mass is 16.3. The van der Waals surface area contributed by atoms with Crippen molar-refractivity contribution in [2.45, 2.75) is 13.0 Å². The molecule has 2 aromatic rings. The fourth-order valence-corrected chi connectivity index (χ4v) is 1.39. The molecule has 0 saturated heterocycles. The molecule has 0 aliphatic heterocycles. The second-order valence-electron chi connectivity index (χ2n) is 3.47. The van der Waals surface area contributed by atoms with Gasteiger partial charge in [0.2, 0.25) is 0 Å². The predicted octanol–water partition coefficient (Wildman–Crippen LogP) is 1.42. The zero-order chi connectivity index (χ0) is 10.7. The van der Waals surface area contributed by atoms with E-state index in [1.54, 1.807) is 6.92 Å². The number of anilines is 1. The summed E-state index contributed by atoms with van der Waals surface area (Å²) in [5, 5.41) is 13.2. The average molecular weight is 203 g/mol. The van der Waals surface area contributed by atoms with E-state index in [0.29, 0.717) is 6.54 Å². The minimum absolute atomic E-state index is 0.390. The summed E-state index contributed by atoms with van der Waals surface area (Å²) in [6, 6.07) is 7.78. The van der Waals surface area contributed by atoms with Crippen LogP contribution < -0.4 is 5.32 Å². The molecule has 1 atom stereocenters. The van der Waals surface area contributed by atoms with E-state index in [-0.39, 0.29) is 0 Å². The van der Waals surface area contributed by atoms with Crippen molar-refractivity contribution < 1.29 is 5.11 Å². The SMILES string of the molecule is C[C@@H](O)CNc1ncnc2ccccc12. The second-order valence-corrected chi connectivity index (χ2v) is 3.47. The summed E-state index contributed by atoms with van der Waals surface area (Å²) in [5.74, 6) is 0.765. The molecule has 4 nitrogen and oxygen atoms in total. The van der Waals surface area contributed by atoms with Gasteiger partial charge in [-0.15, -0.1) is 0 Å². The molecule has 0 spiro atoms. The van der Waals surface area contributed by atoms with Crippen LogP contribution in [-0.4, -0.2) is 27.7 Å².